The SMILES string of the molecule is CC(C(F)(F)F)(C(F)(F)F)P(=O)(O)O. The predicted molar refractivity (Wildman–Crippen MR) is 32.6 cm³/mol. The van der Waals surface area contributed by atoms with Gasteiger partial charge in [0.2, 0.25) is 0 Å². The summed E-state index contributed by atoms with van der Waals surface area (Å²) in [5, 5.41) is -5.02. The van der Waals surface area contributed by atoms with Gasteiger partial charge >= 0.3 is 19.9 Å². The van der Waals surface area contributed by atoms with Crippen molar-refractivity contribution in [1.82, 2.24) is 0 Å². The van der Waals surface area contributed by atoms with Gasteiger partial charge in [-0.15, -0.1) is 0 Å². The molecule has 0 bridgehead atoms. The highest BCUT2D eigenvalue weighted by atomic mass is 31.2. The highest BCUT2D eigenvalue weighted by Gasteiger charge is 2.76. The van der Waals surface area contributed by atoms with Crippen molar-refractivity contribution in [2.24, 2.45) is 0 Å². The molecule has 0 aromatic rings. The van der Waals surface area contributed by atoms with Crippen molar-refractivity contribution in [3.05, 3.63) is 0 Å². The van der Waals surface area contributed by atoms with Crippen molar-refractivity contribution >= 4 is 7.60 Å². The molecule has 0 aliphatic carbocycles. The third-order valence-electron chi connectivity index (χ3n) is 1.69. The fourth-order valence-electron chi connectivity index (χ4n) is 0.491. The van der Waals surface area contributed by atoms with Gasteiger partial charge in [-0.2, -0.15) is 26.3 Å². The first-order chi connectivity index (χ1) is 5.75. The van der Waals surface area contributed by atoms with Crippen LogP contribution in [0.5, 0.6) is 0 Å². The average Bonchev–Trinajstić information content (AvgIpc) is 1.77. The van der Waals surface area contributed by atoms with Gasteiger partial charge in [0.05, 0.1) is 0 Å². The van der Waals surface area contributed by atoms with E-state index in [0.29, 0.717) is 0 Å². The van der Waals surface area contributed by atoms with E-state index in [1.54, 1.807) is 0 Å². The summed E-state index contributed by atoms with van der Waals surface area (Å²) in [6, 6.07) is 0. The Balaban J connectivity index is 5.67. The molecule has 0 amide bonds. The fraction of sp³-hybridized carbons (Fsp3) is 1.00. The van der Waals surface area contributed by atoms with Crippen LogP contribution in [0, 0.1) is 0 Å². The Labute approximate surface area is 73.9 Å². The van der Waals surface area contributed by atoms with Gasteiger partial charge in [-0.3, -0.25) is 4.57 Å². The second-order valence-corrected chi connectivity index (χ2v) is 4.59. The van der Waals surface area contributed by atoms with Crippen LogP contribution < -0.4 is 0 Å². The molecule has 0 aromatic carbocycles. The minimum absolute atomic E-state index is 0.576. The molecule has 0 aliphatic heterocycles. The number of halogens is 6. The summed E-state index contributed by atoms with van der Waals surface area (Å²) in [7, 11) is -6.38. The van der Waals surface area contributed by atoms with Crippen LogP contribution in [0.2, 0.25) is 0 Å². The van der Waals surface area contributed by atoms with Gasteiger partial charge in [0.1, 0.15) is 0 Å². The smallest absolute Gasteiger partial charge is 0.324 e. The molecule has 0 radical (unpaired) electrons. The molecule has 0 fully saturated rings. The molecule has 10 heteroatoms. The Kier molecular flexibility index (Phi) is 3.05. The molecular formula is C4H5F6O3P. The van der Waals surface area contributed by atoms with Gasteiger partial charge in [-0.25, -0.2) is 0 Å². The fourth-order valence-corrected chi connectivity index (χ4v) is 1.15. The molecule has 0 atom stereocenters. The lowest BCUT2D eigenvalue weighted by Crippen LogP contribution is -2.53. The lowest BCUT2D eigenvalue weighted by Gasteiger charge is -2.33. The molecular weight excluding hydrogens is 241 g/mol. The Morgan fingerprint density at radius 2 is 1.14 bits per heavy atom. The van der Waals surface area contributed by atoms with Gasteiger partial charge in [0, 0.05) is 0 Å². The van der Waals surface area contributed by atoms with E-state index < -0.39 is 32.0 Å². The molecule has 3 nitrogen and oxygen atoms in total. The van der Waals surface area contributed by atoms with Crippen molar-refractivity contribution in [3.8, 4) is 0 Å². The number of rotatable bonds is 1. The number of hydrogen-bond donors (Lipinski definition) is 2. The van der Waals surface area contributed by atoms with E-state index in [1.165, 1.54) is 0 Å². The van der Waals surface area contributed by atoms with Crippen LogP contribution in [0.1, 0.15) is 6.92 Å². The van der Waals surface area contributed by atoms with Crippen molar-refractivity contribution in [1.29, 1.82) is 0 Å². The largest absolute Gasteiger partial charge is 0.414 e. The van der Waals surface area contributed by atoms with E-state index in [1.807, 2.05) is 0 Å². The topological polar surface area (TPSA) is 57.5 Å². The summed E-state index contributed by atoms with van der Waals surface area (Å²) in [4.78, 5) is 16.2. The monoisotopic (exact) mass is 246 g/mol. The molecule has 0 aromatic heterocycles. The van der Waals surface area contributed by atoms with Crippen LogP contribution in [-0.4, -0.2) is 27.3 Å². The van der Waals surface area contributed by atoms with Gasteiger partial charge < -0.3 is 9.79 Å². The van der Waals surface area contributed by atoms with E-state index in [9.17, 15) is 30.9 Å². The van der Waals surface area contributed by atoms with Crippen LogP contribution in [0.25, 0.3) is 0 Å². The zero-order chi connectivity index (χ0) is 12.0. The van der Waals surface area contributed by atoms with Crippen molar-refractivity contribution in [3.63, 3.8) is 0 Å². The first-order valence-electron chi connectivity index (χ1n) is 2.94. The van der Waals surface area contributed by atoms with E-state index in [-0.39, 0.29) is 0 Å². The Hall–Kier alpha value is -0.270. The van der Waals surface area contributed by atoms with Gasteiger partial charge in [-0.1, -0.05) is 0 Å². The standard InChI is InChI=1S/C4H5F6O3P/c1-2(3(5,6)7,4(8,9)10)14(11,12)13/h1H3,(H2,11,12,13). The normalized spacial score (nSPS) is 15.8. The summed E-state index contributed by atoms with van der Waals surface area (Å²) >= 11 is 0. The molecule has 0 saturated carbocycles. The van der Waals surface area contributed by atoms with Crippen LogP contribution in [0.4, 0.5) is 26.3 Å². The minimum atomic E-state index is -6.38. The van der Waals surface area contributed by atoms with Crippen LogP contribution >= 0.6 is 7.60 Å². The highest BCUT2D eigenvalue weighted by Crippen LogP contribution is 2.64. The van der Waals surface area contributed by atoms with Crippen molar-refractivity contribution in [2.75, 3.05) is 0 Å². The van der Waals surface area contributed by atoms with E-state index in [2.05, 4.69) is 0 Å². The lowest BCUT2D eigenvalue weighted by molar-refractivity contribution is -0.267. The molecule has 0 rings (SSSR count). The van der Waals surface area contributed by atoms with Crippen molar-refractivity contribution in [2.45, 2.75) is 24.4 Å². The van der Waals surface area contributed by atoms with E-state index >= 15 is 0 Å². The molecule has 0 aliphatic rings. The molecule has 0 saturated heterocycles. The molecule has 0 spiro atoms. The minimum Gasteiger partial charge on any atom is -0.324 e. The summed E-state index contributed by atoms with van der Waals surface area (Å²) in [6.07, 6.45) is -12.1. The van der Waals surface area contributed by atoms with E-state index in [4.69, 9.17) is 9.79 Å². The molecule has 86 valence electrons. The third-order valence-corrected chi connectivity index (χ3v) is 3.36. The Bertz CT molecular complexity index is 247. The summed E-state index contributed by atoms with van der Waals surface area (Å²) < 4.78 is 81.5. The molecule has 0 unspecified atom stereocenters. The Morgan fingerprint density at radius 1 is 0.929 bits per heavy atom. The summed E-state index contributed by atoms with van der Waals surface area (Å²) in [6.45, 7) is -0.576. The summed E-state index contributed by atoms with van der Waals surface area (Å²) in [5.74, 6) is 0. The first-order valence-corrected chi connectivity index (χ1v) is 4.55. The molecule has 0 heterocycles. The third kappa shape index (κ3) is 1.89. The summed E-state index contributed by atoms with van der Waals surface area (Å²) in [5.41, 5.74) is 0. The first kappa shape index (κ1) is 13.7. The zero-order valence-electron chi connectivity index (χ0n) is 6.52. The van der Waals surface area contributed by atoms with Gasteiger partial charge in [-0.05, 0) is 6.92 Å². The van der Waals surface area contributed by atoms with E-state index in [0.717, 1.165) is 0 Å². The maximum Gasteiger partial charge on any atom is 0.414 e. The van der Waals surface area contributed by atoms with Crippen LogP contribution in [0.3, 0.4) is 0 Å². The molecule has 14 heavy (non-hydrogen) atoms. The quantitative estimate of drug-likeness (QED) is 0.549. The van der Waals surface area contributed by atoms with Crippen LogP contribution in [0.15, 0.2) is 0 Å². The van der Waals surface area contributed by atoms with Crippen LogP contribution in [-0.2, 0) is 4.57 Å². The Morgan fingerprint density at radius 3 is 1.14 bits per heavy atom. The maximum atomic E-state index is 11.9. The second-order valence-electron chi connectivity index (χ2n) is 2.61. The van der Waals surface area contributed by atoms with Gasteiger partial charge in [0.25, 0.3) is 5.16 Å². The lowest BCUT2D eigenvalue weighted by atomic mass is 10.1. The number of alkyl halides is 6. The van der Waals surface area contributed by atoms with Gasteiger partial charge in [0.15, 0.2) is 0 Å². The van der Waals surface area contributed by atoms with Crippen molar-refractivity contribution < 1.29 is 40.7 Å². The maximum absolute atomic E-state index is 11.9. The second kappa shape index (κ2) is 3.11. The predicted octanol–water partition coefficient (Wildman–Crippen LogP) is 2.05. The number of hydrogen-bond acceptors (Lipinski definition) is 1. The highest BCUT2D eigenvalue weighted by molar-refractivity contribution is 7.53. The average molecular weight is 246 g/mol. The molecule has 2 N–H and O–H groups in total. The zero-order valence-corrected chi connectivity index (χ0v) is 7.41.